The lowest BCUT2D eigenvalue weighted by Crippen LogP contribution is -2.54. The molecule has 0 aromatic heterocycles. The minimum Gasteiger partial charge on any atom is -0.497 e. The maximum Gasteiger partial charge on any atom is 0.270 e. The first kappa shape index (κ1) is 24.9. The Balaban J connectivity index is 1.77. The lowest BCUT2D eigenvalue weighted by Gasteiger charge is -2.43. The second kappa shape index (κ2) is 9.47. The molecular formula is C27H28ClN3O3S. The molecule has 35 heavy (non-hydrogen) atoms. The Morgan fingerprint density at radius 3 is 2.49 bits per heavy atom. The predicted molar refractivity (Wildman–Crippen MR) is 146 cm³/mol. The van der Waals surface area contributed by atoms with Gasteiger partial charge in [0.25, 0.3) is 11.8 Å². The van der Waals surface area contributed by atoms with Gasteiger partial charge in [-0.2, -0.15) is 0 Å². The molecule has 4 rings (SSSR count). The number of ether oxygens (including phenoxy) is 1. The standard InChI is InChI=1S/C27H28ClN3O3S/c1-6-11-30-23-14-22(28)17(12-20(23)16(2)15-27(30,3)4)13-21-24(32)29-26(35)31(25(21)33)18-7-9-19(34-5)10-8-18/h7-10,12-15H,6,11H2,1-5H3,(H,29,32,35)/b21-13-. The molecule has 1 saturated heterocycles. The zero-order chi connectivity index (χ0) is 25.5. The number of methoxy groups -OCH3 is 1. The Morgan fingerprint density at radius 2 is 1.86 bits per heavy atom. The molecule has 1 N–H and O–H groups in total. The molecule has 0 spiro atoms. The van der Waals surface area contributed by atoms with E-state index in [1.165, 1.54) is 11.0 Å². The van der Waals surface area contributed by atoms with Crippen molar-refractivity contribution in [3.63, 3.8) is 0 Å². The first-order valence-corrected chi connectivity index (χ1v) is 12.2. The molecule has 2 heterocycles. The van der Waals surface area contributed by atoms with Crippen LogP contribution in [0.2, 0.25) is 5.02 Å². The van der Waals surface area contributed by atoms with Crippen molar-refractivity contribution in [2.75, 3.05) is 23.5 Å². The van der Waals surface area contributed by atoms with Gasteiger partial charge in [0.2, 0.25) is 0 Å². The van der Waals surface area contributed by atoms with Crippen LogP contribution < -0.4 is 19.9 Å². The number of nitrogens with zero attached hydrogens (tertiary/aromatic N) is 2. The van der Waals surface area contributed by atoms with Crippen LogP contribution in [0.3, 0.4) is 0 Å². The molecular weight excluding hydrogens is 482 g/mol. The first-order valence-electron chi connectivity index (χ1n) is 11.4. The second-order valence-corrected chi connectivity index (χ2v) is 9.97. The van der Waals surface area contributed by atoms with E-state index in [0.717, 1.165) is 29.8 Å². The van der Waals surface area contributed by atoms with Crippen LogP contribution in [0, 0.1) is 0 Å². The van der Waals surface area contributed by atoms with E-state index in [-0.39, 0.29) is 16.2 Å². The van der Waals surface area contributed by atoms with Gasteiger partial charge in [-0.15, -0.1) is 0 Å². The van der Waals surface area contributed by atoms with E-state index in [0.29, 0.717) is 22.0 Å². The number of amides is 2. The van der Waals surface area contributed by atoms with E-state index in [4.69, 9.17) is 28.6 Å². The van der Waals surface area contributed by atoms with Crippen LogP contribution in [-0.2, 0) is 9.59 Å². The minimum absolute atomic E-state index is 0.0232. The Hall–Kier alpha value is -3.16. The summed E-state index contributed by atoms with van der Waals surface area (Å²) in [6, 6.07) is 10.7. The highest BCUT2D eigenvalue weighted by Gasteiger charge is 2.35. The predicted octanol–water partition coefficient (Wildman–Crippen LogP) is 5.59. The number of thiocarbonyl (C=S) groups is 1. The highest BCUT2D eigenvalue weighted by molar-refractivity contribution is 7.80. The summed E-state index contributed by atoms with van der Waals surface area (Å²) in [5.41, 5.74) is 4.12. The van der Waals surface area contributed by atoms with Gasteiger partial charge in [-0.05, 0) is 93.0 Å². The number of hydrogen-bond donors (Lipinski definition) is 1. The molecule has 0 atom stereocenters. The molecule has 0 saturated carbocycles. The van der Waals surface area contributed by atoms with Crippen LogP contribution in [0.4, 0.5) is 11.4 Å². The topological polar surface area (TPSA) is 61.9 Å². The summed E-state index contributed by atoms with van der Waals surface area (Å²) in [6.07, 6.45) is 4.77. The van der Waals surface area contributed by atoms with Crippen LogP contribution in [-0.4, -0.2) is 36.1 Å². The van der Waals surface area contributed by atoms with Crippen molar-refractivity contribution in [3.05, 3.63) is 64.2 Å². The average molecular weight is 510 g/mol. The van der Waals surface area contributed by atoms with Gasteiger partial charge in [-0.25, -0.2) is 0 Å². The zero-order valence-corrected chi connectivity index (χ0v) is 22.0. The summed E-state index contributed by atoms with van der Waals surface area (Å²) >= 11 is 12.0. The third-order valence-corrected chi connectivity index (χ3v) is 6.89. The number of nitrogens with one attached hydrogen (secondary N) is 1. The number of carbonyl (C=O) groups excluding carboxylic acids is 2. The van der Waals surface area contributed by atoms with Gasteiger partial charge in [-0.1, -0.05) is 24.6 Å². The summed E-state index contributed by atoms with van der Waals surface area (Å²) in [5.74, 6) is -0.424. The van der Waals surface area contributed by atoms with Gasteiger partial charge < -0.3 is 9.64 Å². The largest absolute Gasteiger partial charge is 0.497 e. The molecule has 2 aromatic carbocycles. The fourth-order valence-corrected chi connectivity index (χ4v) is 5.13. The van der Waals surface area contributed by atoms with E-state index in [1.54, 1.807) is 31.4 Å². The van der Waals surface area contributed by atoms with E-state index in [2.05, 4.69) is 44.0 Å². The molecule has 0 unspecified atom stereocenters. The molecule has 2 amide bonds. The van der Waals surface area contributed by atoms with Gasteiger partial charge >= 0.3 is 0 Å². The number of allylic oxidation sites excluding steroid dienone is 1. The van der Waals surface area contributed by atoms with E-state index < -0.39 is 11.8 Å². The Kier molecular flexibility index (Phi) is 6.75. The third kappa shape index (κ3) is 4.58. The summed E-state index contributed by atoms with van der Waals surface area (Å²) < 4.78 is 5.19. The van der Waals surface area contributed by atoms with Gasteiger partial charge in [0.05, 0.1) is 18.3 Å². The van der Waals surface area contributed by atoms with E-state index in [9.17, 15) is 9.59 Å². The number of anilines is 2. The van der Waals surface area contributed by atoms with Crippen LogP contribution in [0.5, 0.6) is 5.75 Å². The Labute approximate surface area is 216 Å². The molecule has 2 aliphatic rings. The molecule has 2 aliphatic heterocycles. The van der Waals surface area contributed by atoms with Crippen molar-refractivity contribution in [2.45, 2.75) is 39.7 Å². The molecule has 182 valence electrons. The van der Waals surface area contributed by atoms with Crippen LogP contribution in [0.15, 0.2) is 48.0 Å². The molecule has 0 bridgehead atoms. The normalized spacial score (nSPS) is 18.4. The van der Waals surface area contributed by atoms with Crippen LogP contribution >= 0.6 is 23.8 Å². The lowest BCUT2D eigenvalue weighted by atomic mass is 9.87. The minimum atomic E-state index is -0.556. The summed E-state index contributed by atoms with van der Waals surface area (Å²) in [4.78, 5) is 29.8. The van der Waals surface area contributed by atoms with Crippen LogP contribution in [0.1, 0.15) is 45.2 Å². The van der Waals surface area contributed by atoms with Crippen molar-refractivity contribution < 1.29 is 14.3 Å². The van der Waals surface area contributed by atoms with Crippen molar-refractivity contribution in [1.82, 2.24) is 5.32 Å². The molecule has 0 aliphatic carbocycles. The molecule has 1 fully saturated rings. The lowest BCUT2D eigenvalue weighted by molar-refractivity contribution is -0.122. The summed E-state index contributed by atoms with van der Waals surface area (Å²) in [5, 5.41) is 3.11. The SMILES string of the molecule is CCCN1c2cc(Cl)c(/C=C3/C(=O)NC(=S)N(c4ccc(OC)cc4)C3=O)cc2C(C)=CC1(C)C. The molecule has 6 nitrogen and oxygen atoms in total. The molecule has 8 heteroatoms. The highest BCUT2D eigenvalue weighted by Crippen LogP contribution is 2.42. The Bertz CT molecular complexity index is 1280. The third-order valence-electron chi connectivity index (χ3n) is 6.28. The number of halogens is 1. The van der Waals surface area contributed by atoms with E-state index >= 15 is 0 Å². The second-order valence-electron chi connectivity index (χ2n) is 9.18. The Morgan fingerprint density at radius 1 is 1.17 bits per heavy atom. The fourth-order valence-electron chi connectivity index (χ4n) is 4.64. The smallest absolute Gasteiger partial charge is 0.270 e. The van der Waals surface area contributed by atoms with Crippen molar-refractivity contribution >= 4 is 63.8 Å². The summed E-state index contributed by atoms with van der Waals surface area (Å²) in [6.45, 7) is 9.46. The monoisotopic (exact) mass is 509 g/mol. The van der Waals surface area contributed by atoms with Gasteiger partial charge in [0.15, 0.2) is 5.11 Å². The number of hydrogen-bond acceptors (Lipinski definition) is 5. The molecule has 2 aromatic rings. The highest BCUT2D eigenvalue weighted by atomic mass is 35.5. The van der Waals surface area contributed by atoms with Crippen molar-refractivity contribution in [2.24, 2.45) is 0 Å². The quantitative estimate of drug-likeness (QED) is 0.323. The van der Waals surface area contributed by atoms with E-state index in [1.807, 2.05) is 12.1 Å². The first-order chi connectivity index (χ1) is 16.6. The maximum absolute atomic E-state index is 13.4. The maximum atomic E-state index is 13.4. The number of fused-ring (bicyclic) bond motifs is 1. The van der Waals surface area contributed by atoms with Crippen molar-refractivity contribution in [1.29, 1.82) is 0 Å². The molecule has 0 radical (unpaired) electrons. The fraction of sp³-hybridized carbons (Fsp3) is 0.296. The number of rotatable bonds is 5. The number of benzene rings is 2. The summed E-state index contributed by atoms with van der Waals surface area (Å²) in [7, 11) is 1.56. The number of carbonyl (C=O) groups is 2. The average Bonchev–Trinajstić information content (AvgIpc) is 2.80. The van der Waals surface area contributed by atoms with Gasteiger partial charge in [0.1, 0.15) is 11.3 Å². The van der Waals surface area contributed by atoms with Gasteiger partial charge in [0, 0.05) is 22.8 Å². The van der Waals surface area contributed by atoms with Crippen LogP contribution in [0.25, 0.3) is 11.6 Å². The zero-order valence-electron chi connectivity index (χ0n) is 20.4. The van der Waals surface area contributed by atoms with Gasteiger partial charge in [-0.3, -0.25) is 19.8 Å². The van der Waals surface area contributed by atoms with Crippen molar-refractivity contribution in [3.8, 4) is 5.75 Å².